The van der Waals surface area contributed by atoms with E-state index in [2.05, 4.69) is 27.8 Å². The van der Waals surface area contributed by atoms with Crippen LogP contribution in [0.1, 0.15) is 55.5 Å². The molecule has 0 saturated carbocycles. The van der Waals surface area contributed by atoms with Gasteiger partial charge in [0.05, 0.1) is 5.56 Å². The monoisotopic (exact) mass is 408 g/mol. The van der Waals surface area contributed by atoms with Gasteiger partial charge in [-0.25, -0.2) is 4.79 Å². The second-order valence-electron chi connectivity index (χ2n) is 7.67. The van der Waals surface area contributed by atoms with Crippen molar-refractivity contribution in [1.82, 2.24) is 5.32 Å². The van der Waals surface area contributed by atoms with Gasteiger partial charge in [0.2, 0.25) is 0 Å². The summed E-state index contributed by atoms with van der Waals surface area (Å²) in [6.07, 6.45) is 5.28. The predicted molar refractivity (Wildman–Crippen MR) is 124 cm³/mol. The topological polar surface area (TPSA) is 73.5 Å². The van der Waals surface area contributed by atoms with Crippen molar-refractivity contribution in [3.05, 3.63) is 53.6 Å². The van der Waals surface area contributed by atoms with Gasteiger partial charge in [0.15, 0.2) is 0 Å². The molecule has 1 heterocycles. The first-order valence-electron chi connectivity index (χ1n) is 10.9. The van der Waals surface area contributed by atoms with Gasteiger partial charge in [-0.1, -0.05) is 26.0 Å². The molecule has 1 saturated heterocycles. The number of carbonyl (C=O) groups is 2. The van der Waals surface area contributed by atoms with Crippen LogP contribution in [0.2, 0.25) is 0 Å². The molecule has 0 aliphatic carbocycles. The van der Waals surface area contributed by atoms with E-state index in [9.17, 15) is 9.59 Å². The van der Waals surface area contributed by atoms with E-state index in [1.165, 1.54) is 6.42 Å². The molecule has 3 N–H and O–H groups in total. The summed E-state index contributed by atoms with van der Waals surface area (Å²) < 4.78 is 0. The highest BCUT2D eigenvalue weighted by Crippen LogP contribution is 2.27. The Labute approximate surface area is 179 Å². The SMILES string of the molecule is CCCNC(=O)c1cc(NC(=O)Nc2cccc(CC)c2)ccc1N1CCCCC1. The van der Waals surface area contributed by atoms with E-state index >= 15 is 0 Å². The highest BCUT2D eigenvalue weighted by atomic mass is 16.2. The summed E-state index contributed by atoms with van der Waals surface area (Å²) in [6, 6.07) is 13.0. The van der Waals surface area contributed by atoms with Crippen molar-refractivity contribution in [3.8, 4) is 0 Å². The summed E-state index contributed by atoms with van der Waals surface area (Å²) in [4.78, 5) is 27.6. The number of aryl methyl sites for hydroxylation is 1. The Kier molecular flexibility index (Phi) is 7.71. The fourth-order valence-corrected chi connectivity index (χ4v) is 3.70. The second-order valence-corrected chi connectivity index (χ2v) is 7.67. The van der Waals surface area contributed by atoms with Crippen LogP contribution in [0.15, 0.2) is 42.5 Å². The molecule has 0 spiro atoms. The predicted octanol–water partition coefficient (Wildman–Crippen LogP) is 5.02. The van der Waals surface area contributed by atoms with E-state index in [4.69, 9.17) is 0 Å². The van der Waals surface area contributed by atoms with Crippen molar-refractivity contribution in [3.63, 3.8) is 0 Å². The van der Waals surface area contributed by atoms with E-state index in [0.29, 0.717) is 17.8 Å². The zero-order valence-electron chi connectivity index (χ0n) is 18.0. The van der Waals surface area contributed by atoms with Gasteiger partial charge in [-0.2, -0.15) is 0 Å². The second kappa shape index (κ2) is 10.7. The van der Waals surface area contributed by atoms with Crippen molar-refractivity contribution >= 4 is 29.0 Å². The van der Waals surface area contributed by atoms with Gasteiger partial charge in [0.25, 0.3) is 5.91 Å². The van der Waals surface area contributed by atoms with Gasteiger partial charge in [-0.3, -0.25) is 4.79 Å². The summed E-state index contributed by atoms with van der Waals surface area (Å²) in [7, 11) is 0. The molecule has 1 aliphatic heterocycles. The molecule has 0 bridgehead atoms. The van der Waals surface area contributed by atoms with Crippen LogP contribution in [0.4, 0.5) is 21.9 Å². The van der Waals surface area contributed by atoms with Gasteiger partial charge in [-0.05, 0) is 68.0 Å². The molecule has 1 fully saturated rings. The van der Waals surface area contributed by atoms with Gasteiger partial charge in [0, 0.05) is 36.7 Å². The molecule has 0 radical (unpaired) electrons. The van der Waals surface area contributed by atoms with Crippen molar-refractivity contribution in [2.24, 2.45) is 0 Å². The van der Waals surface area contributed by atoms with Gasteiger partial charge >= 0.3 is 6.03 Å². The fraction of sp³-hybridized carbons (Fsp3) is 0.417. The molecule has 3 rings (SSSR count). The van der Waals surface area contributed by atoms with E-state index < -0.39 is 0 Å². The summed E-state index contributed by atoms with van der Waals surface area (Å²) in [6.45, 7) is 6.64. The Morgan fingerprint density at radius 3 is 2.37 bits per heavy atom. The Bertz CT molecular complexity index is 875. The van der Waals surface area contributed by atoms with Crippen LogP contribution in [-0.4, -0.2) is 31.6 Å². The minimum atomic E-state index is -0.325. The molecular formula is C24H32N4O2. The smallest absolute Gasteiger partial charge is 0.323 e. The standard InChI is InChI=1S/C24H32N4O2/c1-3-13-25-23(29)21-17-20(11-12-22(21)28-14-6-5-7-15-28)27-24(30)26-19-10-8-9-18(4-2)16-19/h8-12,16-17H,3-7,13-15H2,1-2H3,(H,25,29)(H2,26,27,30). The molecule has 0 atom stereocenters. The lowest BCUT2D eigenvalue weighted by Gasteiger charge is -2.30. The largest absolute Gasteiger partial charge is 0.371 e. The third-order valence-electron chi connectivity index (χ3n) is 5.32. The Morgan fingerprint density at radius 1 is 0.933 bits per heavy atom. The molecule has 0 aromatic heterocycles. The van der Waals surface area contributed by atoms with E-state index in [1.807, 2.05) is 43.3 Å². The first kappa shape index (κ1) is 21.7. The highest BCUT2D eigenvalue weighted by Gasteiger charge is 2.19. The Balaban J connectivity index is 1.76. The van der Waals surface area contributed by atoms with Gasteiger partial charge in [0.1, 0.15) is 0 Å². The number of carbonyl (C=O) groups excluding carboxylic acids is 2. The molecule has 1 aliphatic rings. The average molecular weight is 409 g/mol. The Morgan fingerprint density at radius 2 is 1.67 bits per heavy atom. The van der Waals surface area contributed by atoms with E-state index in [1.54, 1.807) is 6.07 Å². The molecule has 2 aromatic carbocycles. The normalized spacial score (nSPS) is 13.6. The first-order valence-corrected chi connectivity index (χ1v) is 10.9. The van der Waals surface area contributed by atoms with E-state index in [-0.39, 0.29) is 11.9 Å². The number of amides is 3. The zero-order chi connectivity index (χ0) is 21.3. The Hall–Kier alpha value is -3.02. The summed E-state index contributed by atoms with van der Waals surface area (Å²) in [5, 5.41) is 8.69. The van der Waals surface area contributed by atoms with Crippen LogP contribution in [0.25, 0.3) is 0 Å². The molecule has 30 heavy (non-hydrogen) atoms. The number of nitrogens with zero attached hydrogens (tertiary/aromatic N) is 1. The van der Waals surface area contributed by atoms with Crippen molar-refractivity contribution in [2.45, 2.75) is 46.0 Å². The summed E-state index contributed by atoms with van der Waals surface area (Å²) in [5.74, 6) is -0.0999. The zero-order valence-corrected chi connectivity index (χ0v) is 18.0. The molecule has 3 amide bonds. The lowest BCUT2D eigenvalue weighted by atomic mass is 10.1. The molecular weight excluding hydrogens is 376 g/mol. The van der Waals surface area contributed by atoms with Crippen LogP contribution in [0, 0.1) is 0 Å². The van der Waals surface area contributed by atoms with Crippen molar-refractivity contribution < 1.29 is 9.59 Å². The molecule has 6 nitrogen and oxygen atoms in total. The number of piperidine rings is 1. The van der Waals surface area contributed by atoms with E-state index in [0.717, 1.165) is 55.7 Å². The van der Waals surface area contributed by atoms with Gasteiger partial charge < -0.3 is 20.9 Å². The first-order chi connectivity index (χ1) is 14.6. The minimum absolute atomic E-state index is 0.0999. The number of nitrogens with one attached hydrogen (secondary N) is 3. The molecule has 160 valence electrons. The number of benzene rings is 2. The van der Waals surface area contributed by atoms with Crippen LogP contribution in [0.3, 0.4) is 0 Å². The number of urea groups is 1. The van der Waals surface area contributed by atoms with Crippen LogP contribution in [0.5, 0.6) is 0 Å². The van der Waals surface area contributed by atoms with Crippen LogP contribution < -0.4 is 20.9 Å². The highest BCUT2D eigenvalue weighted by molar-refractivity contribution is 6.04. The summed E-state index contributed by atoms with van der Waals surface area (Å²) in [5.41, 5.74) is 4.05. The number of hydrogen-bond acceptors (Lipinski definition) is 3. The lowest BCUT2D eigenvalue weighted by molar-refractivity contribution is 0.0954. The number of hydrogen-bond donors (Lipinski definition) is 3. The summed E-state index contributed by atoms with van der Waals surface area (Å²) >= 11 is 0. The molecule has 0 unspecified atom stereocenters. The number of anilines is 3. The lowest BCUT2D eigenvalue weighted by Crippen LogP contribution is -2.33. The minimum Gasteiger partial charge on any atom is -0.371 e. The quantitative estimate of drug-likeness (QED) is 0.602. The van der Waals surface area contributed by atoms with Crippen molar-refractivity contribution in [1.29, 1.82) is 0 Å². The molecule has 2 aromatic rings. The van der Waals surface area contributed by atoms with Gasteiger partial charge in [-0.15, -0.1) is 0 Å². The average Bonchev–Trinajstić information content (AvgIpc) is 2.78. The van der Waals surface area contributed by atoms with Crippen LogP contribution in [-0.2, 0) is 6.42 Å². The number of rotatable bonds is 7. The third-order valence-corrected chi connectivity index (χ3v) is 5.32. The van der Waals surface area contributed by atoms with Crippen LogP contribution >= 0.6 is 0 Å². The maximum atomic E-state index is 12.8. The van der Waals surface area contributed by atoms with Crippen molar-refractivity contribution in [2.75, 3.05) is 35.2 Å². The maximum absolute atomic E-state index is 12.8. The fourth-order valence-electron chi connectivity index (χ4n) is 3.70. The third kappa shape index (κ3) is 5.75. The molecule has 6 heteroatoms. The maximum Gasteiger partial charge on any atom is 0.323 e.